The quantitative estimate of drug-likeness (QED) is 0.0404. The number of carbonyl (C=O) groups is 2. The van der Waals surface area contributed by atoms with Gasteiger partial charge in [0.15, 0.2) is 6.10 Å². The van der Waals surface area contributed by atoms with Crippen LogP contribution in [0.15, 0.2) is 60.8 Å². The zero-order chi connectivity index (χ0) is 35.7. The van der Waals surface area contributed by atoms with Crippen LogP contribution in [0.1, 0.15) is 187 Å². The molecule has 0 aromatic rings. The molecule has 1 N–H and O–H groups in total. The van der Waals surface area contributed by atoms with E-state index in [-0.39, 0.29) is 31.6 Å². The van der Waals surface area contributed by atoms with Gasteiger partial charge in [-0.15, -0.1) is 0 Å². The van der Waals surface area contributed by atoms with Crippen molar-refractivity contribution in [2.45, 2.75) is 193 Å². The van der Waals surface area contributed by atoms with Crippen molar-refractivity contribution < 1.29 is 24.2 Å². The first-order valence-corrected chi connectivity index (χ1v) is 20.3. The van der Waals surface area contributed by atoms with Crippen molar-refractivity contribution in [3.8, 4) is 0 Å². The highest BCUT2D eigenvalue weighted by molar-refractivity contribution is 5.70. The summed E-state index contributed by atoms with van der Waals surface area (Å²) in [5.41, 5.74) is 0. The van der Waals surface area contributed by atoms with Crippen LogP contribution < -0.4 is 0 Å². The van der Waals surface area contributed by atoms with Crippen LogP contribution in [0.2, 0.25) is 0 Å². The van der Waals surface area contributed by atoms with Crippen molar-refractivity contribution in [3.63, 3.8) is 0 Å². The van der Waals surface area contributed by atoms with Gasteiger partial charge in [0.25, 0.3) is 0 Å². The Bertz CT molecular complexity index is 869. The summed E-state index contributed by atoms with van der Waals surface area (Å²) < 4.78 is 10.6. The Balaban J connectivity index is 3.69. The largest absolute Gasteiger partial charge is 0.462 e. The molecule has 0 unspecified atom stereocenters. The number of unbranched alkanes of at least 4 members (excludes halogenated alkanes) is 18. The highest BCUT2D eigenvalue weighted by Gasteiger charge is 2.15. The number of carbonyl (C=O) groups excluding carboxylic acids is 2. The third-order valence-corrected chi connectivity index (χ3v) is 8.53. The molecule has 5 heteroatoms. The van der Waals surface area contributed by atoms with Gasteiger partial charge in [0.1, 0.15) is 6.61 Å². The molecule has 0 aromatic heterocycles. The van der Waals surface area contributed by atoms with Crippen LogP contribution in [-0.2, 0) is 19.1 Å². The molecule has 1 atom stereocenters. The van der Waals surface area contributed by atoms with E-state index in [1.165, 1.54) is 103 Å². The monoisotopic (exact) mass is 685 g/mol. The number of aliphatic hydroxyl groups is 1. The van der Waals surface area contributed by atoms with Gasteiger partial charge in [-0.1, -0.05) is 158 Å². The lowest BCUT2D eigenvalue weighted by molar-refractivity contribution is -0.161. The lowest BCUT2D eigenvalue weighted by atomic mass is 10.1. The highest BCUT2D eigenvalue weighted by Crippen LogP contribution is 2.11. The molecule has 282 valence electrons. The van der Waals surface area contributed by atoms with Crippen LogP contribution in [0, 0.1) is 0 Å². The van der Waals surface area contributed by atoms with Crippen molar-refractivity contribution in [1.29, 1.82) is 0 Å². The molecule has 0 radical (unpaired) electrons. The summed E-state index contributed by atoms with van der Waals surface area (Å²) in [7, 11) is 0. The van der Waals surface area contributed by atoms with E-state index in [0.29, 0.717) is 12.8 Å². The number of esters is 2. The smallest absolute Gasteiger partial charge is 0.306 e. The predicted molar refractivity (Wildman–Crippen MR) is 210 cm³/mol. The first kappa shape index (κ1) is 46.6. The summed E-state index contributed by atoms with van der Waals surface area (Å²) in [6.07, 6.45) is 51.5. The molecule has 0 aliphatic heterocycles. The summed E-state index contributed by atoms with van der Waals surface area (Å²) in [6, 6.07) is 0. The standard InChI is InChI=1S/C44H76O5/c1-3-5-7-9-11-13-15-17-19-20-21-22-23-24-25-27-29-31-33-35-37-39-44(47)49-42(40-45)41-48-43(46)38-36-34-32-30-28-26-18-16-14-12-10-8-6-4-2/h16,18-20,22-23,25,27,31,33,42,45H,3-15,17,21,24,26,28-30,32,34-41H2,1-2H3/b18-16+,20-19+,23-22+,27-25+,33-31+/t42-/m0/s1. The molecule has 0 heterocycles. The Kier molecular flexibility index (Phi) is 38.1. The maximum atomic E-state index is 12.2. The van der Waals surface area contributed by atoms with E-state index in [1.54, 1.807) is 0 Å². The van der Waals surface area contributed by atoms with Crippen molar-refractivity contribution in [2.24, 2.45) is 0 Å². The third kappa shape index (κ3) is 38.3. The second-order valence-electron chi connectivity index (χ2n) is 13.4. The average Bonchev–Trinajstić information content (AvgIpc) is 3.10. The second kappa shape index (κ2) is 40.0. The van der Waals surface area contributed by atoms with Gasteiger partial charge in [-0.3, -0.25) is 9.59 Å². The Morgan fingerprint density at radius 3 is 1.31 bits per heavy atom. The van der Waals surface area contributed by atoms with E-state index in [1.807, 2.05) is 0 Å². The van der Waals surface area contributed by atoms with Gasteiger partial charge >= 0.3 is 11.9 Å². The average molecular weight is 685 g/mol. The van der Waals surface area contributed by atoms with Gasteiger partial charge in [0.05, 0.1) is 6.61 Å². The molecule has 5 nitrogen and oxygen atoms in total. The molecule has 0 rings (SSSR count). The van der Waals surface area contributed by atoms with Gasteiger partial charge < -0.3 is 14.6 Å². The van der Waals surface area contributed by atoms with Crippen molar-refractivity contribution >= 4 is 11.9 Å². The maximum Gasteiger partial charge on any atom is 0.306 e. The third-order valence-electron chi connectivity index (χ3n) is 8.53. The minimum Gasteiger partial charge on any atom is -0.462 e. The van der Waals surface area contributed by atoms with Crippen molar-refractivity contribution in [1.82, 2.24) is 0 Å². The van der Waals surface area contributed by atoms with Crippen molar-refractivity contribution in [2.75, 3.05) is 13.2 Å². The molecule has 0 spiro atoms. The molecule has 0 aliphatic carbocycles. The zero-order valence-electron chi connectivity index (χ0n) is 31.9. The van der Waals surface area contributed by atoms with E-state index in [0.717, 1.165) is 51.4 Å². The molecule has 0 amide bonds. The summed E-state index contributed by atoms with van der Waals surface area (Å²) in [6.45, 7) is 4.06. The fourth-order valence-corrected chi connectivity index (χ4v) is 5.42. The molecular weight excluding hydrogens is 608 g/mol. The number of aliphatic hydroxyl groups excluding tert-OH is 1. The minimum atomic E-state index is -0.804. The predicted octanol–water partition coefficient (Wildman–Crippen LogP) is 12.8. The number of rotatable bonds is 36. The Hall–Kier alpha value is -2.40. The fraction of sp³-hybridized carbons (Fsp3) is 0.727. The lowest BCUT2D eigenvalue weighted by Crippen LogP contribution is -2.28. The van der Waals surface area contributed by atoms with Gasteiger partial charge in [-0.25, -0.2) is 0 Å². The Labute approximate surface area is 302 Å². The Morgan fingerprint density at radius 2 is 0.837 bits per heavy atom. The molecule has 0 aliphatic rings. The van der Waals surface area contributed by atoms with Crippen LogP contribution >= 0.6 is 0 Å². The number of ether oxygens (including phenoxy) is 2. The first-order chi connectivity index (χ1) is 24.1. The van der Waals surface area contributed by atoms with Crippen LogP contribution in [0.4, 0.5) is 0 Å². The minimum absolute atomic E-state index is 0.0938. The Morgan fingerprint density at radius 1 is 0.469 bits per heavy atom. The van der Waals surface area contributed by atoms with E-state index < -0.39 is 6.10 Å². The summed E-state index contributed by atoms with van der Waals surface area (Å²) in [4.78, 5) is 24.2. The molecular formula is C44H76O5. The van der Waals surface area contributed by atoms with Crippen molar-refractivity contribution in [3.05, 3.63) is 60.8 Å². The summed E-state index contributed by atoms with van der Waals surface area (Å²) in [5.74, 6) is -0.669. The first-order valence-electron chi connectivity index (χ1n) is 20.3. The van der Waals surface area contributed by atoms with E-state index in [9.17, 15) is 14.7 Å². The highest BCUT2D eigenvalue weighted by atomic mass is 16.6. The van der Waals surface area contributed by atoms with Crippen LogP contribution in [0.25, 0.3) is 0 Å². The van der Waals surface area contributed by atoms with Crippen LogP contribution in [-0.4, -0.2) is 36.4 Å². The molecule has 0 fully saturated rings. The topological polar surface area (TPSA) is 72.8 Å². The molecule has 0 saturated heterocycles. The number of hydrogen-bond acceptors (Lipinski definition) is 5. The van der Waals surface area contributed by atoms with Crippen LogP contribution in [0.3, 0.4) is 0 Å². The second-order valence-corrected chi connectivity index (χ2v) is 13.4. The molecule has 0 aromatic carbocycles. The fourth-order valence-electron chi connectivity index (χ4n) is 5.42. The van der Waals surface area contributed by atoms with Gasteiger partial charge in [-0.05, 0) is 77.0 Å². The van der Waals surface area contributed by atoms with E-state index >= 15 is 0 Å². The van der Waals surface area contributed by atoms with Gasteiger partial charge in [-0.2, -0.15) is 0 Å². The summed E-state index contributed by atoms with van der Waals surface area (Å²) >= 11 is 0. The van der Waals surface area contributed by atoms with E-state index in [4.69, 9.17) is 9.47 Å². The molecule has 0 bridgehead atoms. The van der Waals surface area contributed by atoms with Gasteiger partial charge in [0, 0.05) is 12.8 Å². The van der Waals surface area contributed by atoms with Crippen LogP contribution in [0.5, 0.6) is 0 Å². The molecule has 0 saturated carbocycles. The van der Waals surface area contributed by atoms with Gasteiger partial charge in [0.2, 0.25) is 0 Å². The van der Waals surface area contributed by atoms with E-state index in [2.05, 4.69) is 74.6 Å². The zero-order valence-corrected chi connectivity index (χ0v) is 31.9. The number of hydrogen-bond donors (Lipinski definition) is 1. The maximum absolute atomic E-state index is 12.2. The number of allylic oxidation sites excluding steroid dienone is 10. The SMILES string of the molecule is CCCCCCC/C=C/CCCCCCCC(=O)OC[C@H](CO)OC(=O)CCC/C=C/C/C=C/C/C=C/C/C=C/CCCCCCCCC. The normalized spacial score (nSPS) is 12.8. The molecule has 49 heavy (non-hydrogen) atoms. The summed E-state index contributed by atoms with van der Waals surface area (Å²) in [5, 5.41) is 9.54. The lowest BCUT2D eigenvalue weighted by Gasteiger charge is -2.15.